The first kappa shape index (κ1) is 9.01. The molecule has 0 fully saturated rings. The van der Waals surface area contributed by atoms with E-state index in [4.69, 9.17) is 5.11 Å². The third-order valence-electron chi connectivity index (χ3n) is 1.98. The Morgan fingerprint density at radius 2 is 1.93 bits per heavy atom. The van der Waals surface area contributed by atoms with Crippen LogP contribution < -0.4 is 5.32 Å². The molecule has 0 radical (unpaired) electrons. The van der Waals surface area contributed by atoms with E-state index in [1.165, 1.54) is 0 Å². The number of nitrogens with one attached hydrogen (secondary N) is 1. The third kappa shape index (κ3) is 1.00. The average Bonchev–Trinajstić information content (AvgIpc) is 2.42. The van der Waals surface area contributed by atoms with E-state index in [9.17, 15) is 18.0 Å². The second kappa shape index (κ2) is 2.71. The van der Waals surface area contributed by atoms with E-state index in [1.807, 2.05) is 5.32 Å². The molecule has 0 bridgehead atoms. The molecule has 0 spiro atoms. The summed E-state index contributed by atoms with van der Waals surface area (Å²) in [6.07, 6.45) is -1.64. The van der Waals surface area contributed by atoms with Gasteiger partial charge in [0, 0.05) is 5.56 Å². The van der Waals surface area contributed by atoms with E-state index in [0.29, 0.717) is 6.07 Å². The molecule has 1 atom stereocenters. The molecular formula is C8H4F3NO2. The van der Waals surface area contributed by atoms with Crippen LogP contribution in [0.3, 0.4) is 0 Å². The Labute approximate surface area is 76.2 Å². The molecule has 2 rings (SSSR count). The van der Waals surface area contributed by atoms with Crippen LogP contribution in [0.5, 0.6) is 0 Å². The van der Waals surface area contributed by atoms with E-state index in [-0.39, 0.29) is 5.56 Å². The molecule has 1 aromatic rings. The first-order chi connectivity index (χ1) is 6.52. The molecule has 6 heteroatoms. The van der Waals surface area contributed by atoms with Gasteiger partial charge < -0.3 is 10.4 Å². The molecule has 1 amide bonds. The summed E-state index contributed by atoms with van der Waals surface area (Å²) in [5.41, 5.74) is -0.784. The highest BCUT2D eigenvalue weighted by Crippen LogP contribution is 2.34. The number of carbonyl (C=O) groups is 1. The van der Waals surface area contributed by atoms with Gasteiger partial charge in [-0.2, -0.15) is 0 Å². The summed E-state index contributed by atoms with van der Waals surface area (Å²) in [5.74, 6) is -5.50. The number of benzene rings is 1. The zero-order chi connectivity index (χ0) is 10.5. The number of halogens is 3. The number of amides is 1. The molecule has 0 aromatic heterocycles. The summed E-state index contributed by atoms with van der Waals surface area (Å²) in [6, 6.07) is 0.594. The Hall–Kier alpha value is -1.56. The molecule has 1 aliphatic rings. The maximum atomic E-state index is 13.0. The molecular weight excluding hydrogens is 199 g/mol. The van der Waals surface area contributed by atoms with Crippen molar-refractivity contribution in [2.45, 2.75) is 6.10 Å². The van der Waals surface area contributed by atoms with Gasteiger partial charge in [0.2, 0.25) is 0 Å². The highest BCUT2D eigenvalue weighted by atomic mass is 19.2. The number of rotatable bonds is 0. The molecule has 1 aliphatic heterocycles. The Morgan fingerprint density at radius 1 is 1.29 bits per heavy atom. The lowest BCUT2D eigenvalue weighted by Gasteiger charge is -2.02. The maximum absolute atomic E-state index is 13.0. The van der Waals surface area contributed by atoms with E-state index < -0.39 is 35.2 Å². The first-order valence-electron chi connectivity index (χ1n) is 3.68. The normalized spacial score (nSPS) is 19.4. The van der Waals surface area contributed by atoms with Crippen molar-refractivity contribution in [3.05, 3.63) is 29.1 Å². The molecule has 2 N–H and O–H groups in total. The van der Waals surface area contributed by atoms with Crippen molar-refractivity contribution in [1.82, 2.24) is 0 Å². The van der Waals surface area contributed by atoms with Gasteiger partial charge in [-0.15, -0.1) is 0 Å². The zero-order valence-electron chi connectivity index (χ0n) is 6.64. The van der Waals surface area contributed by atoms with Gasteiger partial charge in [-0.25, -0.2) is 13.2 Å². The third-order valence-corrected chi connectivity index (χ3v) is 1.98. The lowest BCUT2D eigenvalue weighted by Crippen LogP contribution is -2.10. The number of fused-ring (bicyclic) bond motifs is 1. The van der Waals surface area contributed by atoms with Crippen molar-refractivity contribution in [3.8, 4) is 0 Å². The van der Waals surface area contributed by atoms with Crippen LogP contribution in [-0.2, 0) is 4.79 Å². The first-order valence-corrected chi connectivity index (χ1v) is 3.68. The van der Waals surface area contributed by atoms with Gasteiger partial charge in [0.15, 0.2) is 23.6 Å². The SMILES string of the molecule is O=C1Nc2c(cc(F)c(F)c2F)C1O. The number of aliphatic hydroxyl groups is 1. The molecule has 74 valence electrons. The lowest BCUT2D eigenvalue weighted by atomic mass is 10.1. The largest absolute Gasteiger partial charge is 0.378 e. The van der Waals surface area contributed by atoms with Crippen LogP contribution in [0.15, 0.2) is 6.07 Å². The molecule has 0 saturated carbocycles. The topological polar surface area (TPSA) is 49.3 Å². The molecule has 1 aromatic carbocycles. The lowest BCUT2D eigenvalue weighted by molar-refractivity contribution is -0.123. The van der Waals surface area contributed by atoms with Gasteiger partial charge in [0.25, 0.3) is 5.91 Å². The number of hydrogen-bond acceptors (Lipinski definition) is 2. The van der Waals surface area contributed by atoms with Gasteiger partial charge >= 0.3 is 0 Å². The van der Waals surface area contributed by atoms with Crippen molar-refractivity contribution in [1.29, 1.82) is 0 Å². The van der Waals surface area contributed by atoms with E-state index in [0.717, 1.165) is 0 Å². The van der Waals surface area contributed by atoms with Crippen LogP contribution in [0.4, 0.5) is 18.9 Å². The van der Waals surface area contributed by atoms with Crippen LogP contribution in [0.25, 0.3) is 0 Å². The summed E-state index contributed by atoms with van der Waals surface area (Å²) in [7, 11) is 0. The average molecular weight is 203 g/mol. The van der Waals surface area contributed by atoms with E-state index in [1.54, 1.807) is 0 Å². The van der Waals surface area contributed by atoms with Crippen LogP contribution in [0, 0.1) is 17.5 Å². The molecule has 0 aliphatic carbocycles. The predicted octanol–water partition coefficient (Wildman–Crippen LogP) is 1.09. The van der Waals surface area contributed by atoms with Gasteiger partial charge in [0.05, 0.1) is 5.69 Å². The number of hydrogen-bond donors (Lipinski definition) is 2. The predicted molar refractivity (Wildman–Crippen MR) is 39.9 cm³/mol. The fraction of sp³-hybridized carbons (Fsp3) is 0.125. The minimum Gasteiger partial charge on any atom is -0.378 e. The van der Waals surface area contributed by atoms with E-state index in [2.05, 4.69) is 0 Å². The fourth-order valence-electron chi connectivity index (χ4n) is 1.29. The van der Waals surface area contributed by atoms with Gasteiger partial charge in [0.1, 0.15) is 0 Å². The molecule has 0 saturated heterocycles. The van der Waals surface area contributed by atoms with Crippen LogP contribution in [0.2, 0.25) is 0 Å². The summed E-state index contributed by atoms with van der Waals surface area (Å²) in [5, 5.41) is 11.0. The highest BCUT2D eigenvalue weighted by molar-refractivity contribution is 6.01. The summed E-state index contributed by atoms with van der Waals surface area (Å²) in [6.45, 7) is 0. The Bertz CT molecular complexity index is 433. The van der Waals surface area contributed by atoms with Crippen molar-refractivity contribution >= 4 is 11.6 Å². The van der Waals surface area contributed by atoms with Crippen molar-refractivity contribution in [2.75, 3.05) is 5.32 Å². The highest BCUT2D eigenvalue weighted by Gasteiger charge is 2.33. The van der Waals surface area contributed by atoms with Crippen molar-refractivity contribution < 1.29 is 23.1 Å². The number of carbonyl (C=O) groups excluding carboxylic acids is 1. The van der Waals surface area contributed by atoms with Gasteiger partial charge in [-0.1, -0.05) is 0 Å². The van der Waals surface area contributed by atoms with Crippen molar-refractivity contribution in [3.63, 3.8) is 0 Å². The molecule has 1 heterocycles. The van der Waals surface area contributed by atoms with Crippen LogP contribution in [-0.4, -0.2) is 11.0 Å². The minimum atomic E-state index is -1.67. The summed E-state index contributed by atoms with van der Waals surface area (Å²) < 4.78 is 38.3. The van der Waals surface area contributed by atoms with Gasteiger partial charge in [-0.05, 0) is 6.07 Å². The smallest absolute Gasteiger partial charge is 0.258 e. The Balaban J connectivity index is 2.70. The quantitative estimate of drug-likeness (QED) is 0.620. The second-order valence-corrected chi connectivity index (χ2v) is 2.84. The summed E-state index contributed by atoms with van der Waals surface area (Å²) in [4.78, 5) is 10.8. The minimum absolute atomic E-state index is 0.286. The number of anilines is 1. The standard InChI is InChI=1S/C8H4F3NO2/c9-3-1-2-6(5(11)4(3)10)12-8(14)7(2)13/h1,7,13H,(H,12,14). The van der Waals surface area contributed by atoms with Crippen LogP contribution in [0.1, 0.15) is 11.7 Å². The summed E-state index contributed by atoms with van der Waals surface area (Å²) >= 11 is 0. The fourth-order valence-corrected chi connectivity index (χ4v) is 1.29. The van der Waals surface area contributed by atoms with Gasteiger partial charge in [-0.3, -0.25) is 4.79 Å². The Kier molecular flexibility index (Phi) is 1.75. The van der Waals surface area contributed by atoms with Crippen molar-refractivity contribution in [2.24, 2.45) is 0 Å². The zero-order valence-corrected chi connectivity index (χ0v) is 6.64. The molecule has 14 heavy (non-hydrogen) atoms. The Morgan fingerprint density at radius 3 is 2.57 bits per heavy atom. The monoisotopic (exact) mass is 203 g/mol. The molecule has 1 unspecified atom stereocenters. The van der Waals surface area contributed by atoms with Crippen LogP contribution >= 0.6 is 0 Å². The number of aliphatic hydroxyl groups excluding tert-OH is 1. The molecule has 3 nitrogen and oxygen atoms in total. The maximum Gasteiger partial charge on any atom is 0.258 e. The second-order valence-electron chi connectivity index (χ2n) is 2.84. The van der Waals surface area contributed by atoms with E-state index >= 15 is 0 Å².